The second-order valence-corrected chi connectivity index (χ2v) is 7.10. The predicted molar refractivity (Wildman–Crippen MR) is 96.3 cm³/mol. The number of thiophene rings is 1. The van der Waals surface area contributed by atoms with Crippen LogP contribution in [0.15, 0.2) is 48.5 Å². The molecule has 1 amide bonds. The van der Waals surface area contributed by atoms with Gasteiger partial charge in [-0.3, -0.25) is 4.79 Å². The quantitative estimate of drug-likeness (QED) is 0.687. The molecular formula is C19H16F2N2OS. The molecule has 3 nitrogen and oxygen atoms in total. The first kappa shape index (κ1) is 16.0. The fourth-order valence-electron chi connectivity index (χ4n) is 3.11. The average Bonchev–Trinajstić information content (AvgIpc) is 3.08. The van der Waals surface area contributed by atoms with E-state index >= 15 is 0 Å². The van der Waals surface area contributed by atoms with Gasteiger partial charge < -0.3 is 9.80 Å². The van der Waals surface area contributed by atoms with E-state index in [9.17, 15) is 13.6 Å². The second-order valence-electron chi connectivity index (χ2n) is 6.02. The van der Waals surface area contributed by atoms with Gasteiger partial charge in [-0.1, -0.05) is 6.07 Å². The summed E-state index contributed by atoms with van der Waals surface area (Å²) in [5.41, 5.74) is 0.956. The van der Waals surface area contributed by atoms with Gasteiger partial charge in [0.25, 0.3) is 5.91 Å². The molecule has 0 bridgehead atoms. The molecule has 0 spiro atoms. The van der Waals surface area contributed by atoms with Crippen molar-refractivity contribution in [3.63, 3.8) is 0 Å². The second kappa shape index (κ2) is 6.44. The van der Waals surface area contributed by atoms with Crippen LogP contribution in [0.1, 0.15) is 9.67 Å². The molecule has 0 atom stereocenters. The molecule has 1 saturated heterocycles. The van der Waals surface area contributed by atoms with Crippen molar-refractivity contribution < 1.29 is 13.6 Å². The summed E-state index contributed by atoms with van der Waals surface area (Å²) in [6, 6.07) is 12.9. The zero-order valence-corrected chi connectivity index (χ0v) is 14.2. The Kier molecular flexibility index (Phi) is 4.13. The van der Waals surface area contributed by atoms with Crippen LogP contribution in [0.5, 0.6) is 0 Å². The minimum Gasteiger partial charge on any atom is -0.368 e. The van der Waals surface area contributed by atoms with Crippen LogP contribution < -0.4 is 4.90 Å². The van der Waals surface area contributed by atoms with Gasteiger partial charge in [-0.15, -0.1) is 11.3 Å². The lowest BCUT2D eigenvalue weighted by molar-refractivity contribution is 0.0752. The molecule has 1 aliphatic heterocycles. The number of piperazine rings is 1. The van der Waals surface area contributed by atoms with Crippen molar-refractivity contribution in [2.75, 3.05) is 31.1 Å². The lowest BCUT2D eigenvalue weighted by Crippen LogP contribution is -2.48. The molecular weight excluding hydrogens is 342 g/mol. The summed E-state index contributed by atoms with van der Waals surface area (Å²) in [6.07, 6.45) is 0. The van der Waals surface area contributed by atoms with E-state index < -0.39 is 0 Å². The molecule has 0 radical (unpaired) electrons. The van der Waals surface area contributed by atoms with E-state index in [2.05, 4.69) is 4.90 Å². The smallest absolute Gasteiger partial charge is 0.264 e. The number of rotatable bonds is 2. The SMILES string of the molecule is O=C(c1cc2c(F)cccc2s1)N1CCN(c2ccc(F)cc2)CC1. The molecule has 1 aromatic heterocycles. The number of hydrogen-bond donors (Lipinski definition) is 0. The summed E-state index contributed by atoms with van der Waals surface area (Å²) >= 11 is 1.33. The summed E-state index contributed by atoms with van der Waals surface area (Å²) in [6.45, 7) is 2.56. The van der Waals surface area contributed by atoms with Crippen LogP contribution in [0, 0.1) is 11.6 Å². The highest BCUT2D eigenvalue weighted by Crippen LogP contribution is 2.29. The van der Waals surface area contributed by atoms with Gasteiger partial charge in [-0.2, -0.15) is 0 Å². The van der Waals surface area contributed by atoms with Crippen LogP contribution >= 0.6 is 11.3 Å². The van der Waals surface area contributed by atoms with Crippen LogP contribution in [0.2, 0.25) is 0 Å². The highest BCUT2D eigenvalue weighted by Gasteiger charge is 2.24. The van der Waals surface area contributed by atoms with Crippen molar-refractivity contribution in [3.05, 3.63) is 65.0 Å². The third-order valence-electron chi connectivity index (χ3n) is 4.48. The minimum absolute atomic E-state index is 0.0562. The van der Waals surface area contributed by atoms with E-state index in [0.717, 1.165) is 10.4 Å². The fourth-order valence-corrected chi connectivity index (χ4v) is 4.15. The number of anilines is 1. The summed E-state index contributed by atoms with van der Waals surface area (Å²) in [5.74, 6) is -0.608. The third kappa shape index (κ3) is 3.09. The first-order chi connectivity index (χ1) is 12.1. The Hall–Kier alpha value is -2.47. The highest BCUT2D eigenvalue weighted by molar-refractivity contribution is 7.20. The Morgan fingerprint density at radius 2 is 1.68 bits per heavy atom. The van der Waals surface area contributed by atoms with Gasteiger partial charge in [-0.25, -0.2) is 8.78 Å². The van der Waals surface area contributed by atoms with Gasteiger partial charge in [0.15, 0.2) is 0 Å². The molecule has 0 N–H and O–H groups in total. The maximum Gasteiger partial charge on any atom is 0.264 e. The van der Waals surface area contributed by atoms with E-state index in [4.69, 9.17) is 0 Å². The summed E-state index contributed by atoms with van der Waals surface area (Å²) < 4.78 is 27.6. The monoisotopic (exact) mass is 358 g/mol. The van der Waals surface area contributed by atoms with Crippen molar-refractivity contribution in [1.29, 1.82) is 0 Å². The van der Waals surface area contributed by atoms with Gasteiger partial charge in [0.2, 0.25) is 0 Å². The predicted octanol–water partition coefficient (Wildman–Crippen LogP) is 4.14. The largest absolute Gasteiger partial charge is 0.368 e. The number of carbonyl (C=O) groups excluding carboxylic acids is 1. The average molecular weight is 358 g/mol. The van der Waals surface area contributed by atoms with Crippen LogP contribution in [-0.4, -0.2) is 37.0 Å². The molecule has 1 fully saturated rings. The summed E-state index contributed by atoms with van der Waals surface area (Å²) in [5, 5.41) is 0.501. The van der Waals surface area contributed by atoms with Crippen molar-refractivity contribution in [1.82, 2.24) is 4.90 Å². The van der Waals surface area contributed by atoms with Gasteiger partial charge in [0, 0.05) is 42.0 Å². The molecule has 128 valence electrons. The van der Waals surface area contributed by atoms with Crippen molar-refractivity contribution in [2.24, 2.45) is 0 Å². The van der Waals surface area contributed by atoms with Gasteiger partial charge in [-0.05, 0) is 42.5 Å². The molecule has 0 aliphatic carbocycles. The zero-order chi connectivity index (χ0) is 17.4. The molecule has 6 heteroatoms. The number of halogens is 2. The topological polar surface area (TPSA) is 23.6 Å². The van der Waals surface area contributed by atoms with Crippen molar-refractivity contribution in [2.45, 2.75) is 0 Å². The fraction of sp³-hybridized carbons (Fsp3) is 0.211. The number of carbonyl (C=O) groups is 1. The molecule has 25 heavy (non-hydrogen) atoms. The van der Waals surface area contributed by atoms with Crippen LogP contribution in [-0.2, 0) is 0 Å². The molecule has 2 heterocycles. The third-order valence-corrected chi connectivity index (χ3v) is 5.57. The van der Waals surface area contributed by atoms with Crippen LogP contribution in [0.25, 0.3) is 10.1 Å². The number of fused-ring (bicyclic) bond motifs is 1. The number of nitrogens with zero attached hydrogens (tertiary/aromatic N) is 2. The molecule has 1 aliphatic rings. The Labute approximate surface area is 148 Å². The summed E-state index contributed by atoms with van der Waals surface area (Å²) in [4.78, 5) is 17.2. The Balaban J connectivity index is 1.47. The van der Waals surface area contributed by atoms with Gasteiger partial charge >= 0.3 is 0 Å². The number of benzene rings is 2. The van der Waals surface area contributed by atoms with Gasteiger partial charge in [0.1, 0.15) is 11.6 Å². The lowest BCUT2D eigenvalue weighted by Gasteiger charge is -2.36. The Bertz CT molecular complexity index is 915. The standard InChI is InChI=1S/C19H16F2N2OS/c20-13-4-6-14(7-5-13)22-8-10-23(11-9-22)19(24)18-12-15-16(21)2-1-3-17(15)25-18/h1-7,12H,8-11H2. The molecule has 3 aromatic rings. The Morgan fingerprint density at radius 1 is 0.960 bits per heavy atom. The molecule has 0 unspecified atom stereocenters. The normalized spacial score (nSPS) is 15.0. The van der Waals surface area contributed by atoms with E-state index in [0.29, 0.717) is 36.4 Å². The first-order valence-electron chi connectivity index (χ1n) is 8.10. The van der Waals surface area contributed by atoms with E-state index in [-0.39, 0.29) is 17.5 Å². The maximum atomic E-state index is 13.8. The number of hydrogen-bond acceptors (Lipinski definition) is 3. The van der Waals surface area contributed by atoms with Crippen LogP contribution in [0.3, 0.4) is 0 Å². The van der Waals surface area contributed by atoms with E-state index in [1.165, 1.54) is 29.5 Å². The Morgan fingerprint density at radius 3 is 2.36 bits per heavy atom. The lowest BCUT2D eigenvalue weighted by atomic mass is 10.2. The summed E-state index contributed by atoms with van der Waals surface area (Å²) in [7, 11) is 0. The van der Waals surface area contributed by atoms with Crippen molar-refractivity contribution in [3.8, 4) is 0 Å². The number of amides is 1. The minimum atomic E-state index is -0.297. The van der Waals surface area contributed by atoms with Crippen LogP contribution in [0.4, 0.5) is 14.5 Å². The molecule has 0 saturated carbocycles. The van der Waals surface area contributed by atoms with Crippen molar-refractivity contribution >= 4 is 33.0 Å². The van der Waals surface area contributed by atoms with E-state index in [1.54, 1.807) is 29.2 Å². The molecule has 4 rings (SSSR count). The van der Waals surface area contributed by atoms with Gasteiger partial charge in [0.05, 0.1) is 4.88 Å². The maximum absolute atomic E-state index is 13.8. The van der Waals surface area contributed by atoms with E-state index in [1.807, 2.05) is 6.07 Å². The zero-order valence-electron chi connectivity index (χ0n) is 13.4. The first-order valence-corrected chi connectivity index (χ1v) is 8.91. The highest BCUT2D eigenvalue weighted by atomic mass is 32.1. The molecule has 2 aromatic carbocycles.